The molecular weight excluding hydrogens is 272 g/mol. The first-order valence-electron chi connectivity index (χ1n) is 8.87. The van der Waals surface area contributed by atoms with Gasteiger partial charge in [-0.2, -0.15) is 0 Å². The highest BCUT2D eigenvalue weighted by Gasteiger charge is 2.09. The van der Waals surface area contributed by atoms with Crippen molar-refractivity contribution in [3.05, 3.63) is 34.9 Å². The fourth-order valence-electron chi connectivity index (χ4n) is 2.79. The van der Waals surface area contributed by atoms with Crippen LogP contribution in [-0.4, -0.2) is 13.1 Å². The summed E-state index contributed by atoms with van der Waals surface area (Å²) in [4.78, 5) is 11.7. The minimum Gasteiger partial charge on any atom is -0.465 e. The smallest absolute Gasteiger partial charge is 0.338 e. The molecule has 0 spiro atoms. The van der Waals surface area contributed by atoms with Crippen LogP contribution in [0.3, 0.4) is 0 Å². The number of benzene rings is 1. The van der Waals surface area contributed by atoms with Gasteiger partial charge in [-0.05, 0) is 37.0 Å². The van der Waals surface area contributed by atoms with Crippen LogP contribution in [0.4, 0.5) is 0 Å². The van der Waals surface area contributed by atoms with Crippen molar-refractivity contribution in [1.29, 1.82) is 0 Å². The molecule has 0 bridgehead atoms. The third-order valence-corrected chi connectivity index (χ3v) is 4.28. The van der Waals surface area contributed by atoms with Gasteiger partial charge in [0.2, 0.25) is 0 Å². The van der Waals surface area contributed by atoms with E-state index in [2.05, 4.69) is 13.0 Å². The van der Waals surface area contributed by atoms with Gasteiger partial charge in [0.15, 0.2) is 0 Å². The van der Waals surface area contributed by atoms with Gasteiger partial charge < -0.3 is 4.74 Å². The van der Waals surface area contributed by atoms with Crippen LogP contribution >= 0.6 is 0 Å². The van der Waals surface area contributed by atoms with Crippen molar-refractivity contribution in [3.63, 3.8) is 0 Å². The quantitative estimate of drug-likeness (QED) is 0.378. The molecule has 0 aliphatic carbocycles. The summed E-state index contributed by atoms with van der Waals surface area (Å²) < 4.78 is 4.83. The van der Waals surface area contributed by atoms with Gasteiger partial charge in [0.25, 0.3) is 0 Å². The normalized spacial score (nSPS) is 10.7. The van der Waals surface area contributed by atoms with Gasteiger partial charge >= 0.3 is 5.97 Å². The van der Waals surface area contributed by atoms with Crippen molar-refractivity contribution in [2.24, 2.45) is 0 Å². The van der Waals surface area contributed by atoms with Crippen LogP contribution in [-0.2, 0) is 11.2 Å². The summed E-state index contributed by atoms with van der Waals surface area (Å²) >= 11 is 0. The summed E-state index contributed by atoms with van der Waals surface area (Å²) in [7, 11) is 1.44. The van der Waals surface area contributed by atoms with E-state index >= 15 is 0 Å². The Labute approximate surface area is 136 Å². The number of carbonyl (C=O) groups excluding carboxylic acids is 1. The highest BCUT2D eigenvalue weighted by molar-refractivity contribution is 5.91. The monoisotopic (exact) mass is 304 g/mol. The van der Waals surface area contributed by atoms with Crippen LogP contribution < -0.4 is 0 Å². The van der Waals surface area contributed by atoms with Crippen LogP contribution in [0.25, 0.3) is 0 Å². The minimum atomic E-state index is -0.230. The third-order valence-electron chi connectivity index (χ3n) is 4.28. The van der Waals surface area contributed by atoms with Crippen molar-refractivity contribution in [3.8, 4) is 0 Å². The number of rotatable bonds is 11. The van der Waals surface area contributed by atoms with Gasteiger partial charge in [0.05, 0.1) is 12.7 Å². The average Bonchev–Trinajstić information content (AvgIpc) is 2.54. The molecule has 0 unspecified atom stereocenters. The van der Waals surface area contributed by atoms with Gasteiger partial charge in [0, 0.05) is 0 Å². The zero-order chi connectivity index (χ0) is 16.2. The summed E-state index contributed by atoms with van der Waals surface area (Å²) in [5.41, 5.74) is 2.94. The molecule has 0 saturated carbocycles. The molecule has 0 aliphatic heterocycles. The standard InChI is InChI=1S/C20H32O2/c1-4-5-6-7-8-9-10-11-12-13-18-15-14-17(2)19(16-18)20(21)22-3/h14-16H,4-13H2,1-3H3. The third kappa shape index (κ3) is 7.11. The highest BCUT2D eigenvalue weighted by Crippen LogP contribution is 2.16. The maximum atomic E-state index is 11.7. The van der Waals surface area contributed by atoms with Gasteiger partial charge in [-0.1, -0.05) is 70.4 Å². The maximum absolute atomic E-state index is 11.7. The van der Waals surface area contributed by atoms with Crippen molar-refractivity contribution in [1.82, 2.24) is 0 Å². The molecule has 0 fully saturated rings. The first-order valence-corrected chi connectivity index (χ1v) is 8.87. The number of carbonyl (C=O) groups is 1. The summed E-state index contributed by atoms with van der Waals surface area (Å²) in [6.07, 6.45) is 13.1. The maximum Gasteiger partial charge on any atom is 0.338 e. The lowest BCUT2D eigenvalue weighted by Gasteiger charge is -2.07. The lowest BCUT2D eigenvalue weighted by atomic mass is 10.00. The molecule has 0 aliphatic rings. The van der Waals surface area contributed by atoms with Crippen LogP contribution in [0, 0.1) is 6.92 Å². The molecule has 0 heterocycles. The number of aryl methyl sites for hydroxylation is 2. The first kappa shape index (κ1) is 18.7. The van der Waals surface area contributed by atoms with Gasteiger partial charge in [-0.15, -0.1) is 0 Å². The van der Waals surface area contributed by atoms with E-state index in [0.29, 0.717) is 5.56 Å². The van der Waals surface area contributed by atoms with Crippen LogP contribution in [0.15, 0.2) is 18.2 Å². The second-order valence-corrected chi connectivity index (χ2v) is 6.22. The van der Waals surface area contributed by atoms with Gasteiger partial charge in [-0.25, -0.2) is 4.79 Å². The minimum absolute atomic E-state index is 0.230. The van der Waals surface area contributed by atoms with Crippen LogP contribution in [0.2, 0.25) is 0 Å². The molecule has 0 aromatic heterocycles. The van der Waals surface area contributed by atoms with Crippen molar-refractivity contribution >= 4 is 5.97 Å². The van der Waals surface area contributed by atoms with E-state index in [1.165, 1.54) is 70.5 Å². The molecule has 0 saturated heterocycles. The molecule has 0 radical (unpaired) electrons. The molecule has 1 aromatic carbocycles. The Morgan fingerprint density at radius 2 is 1.55 bits per heavy atom. The summed E-state index contributed by atoms with van der Waals surface area (Å²) in [6.45, 7) is 4.21. The van der Waals surface area contributed by atoms with E-state index in [-0.39, 0.29) is 5.97 Å². The predicted molar refractivity (Wildman–Crippen MR) is 93.4 cm³/mol. The second-order valence-electron chi connectivity index (χ2n) is 6.22. The molecule has 2 heteroatoms. The molecule has 1 aromatic rings. The predicted octanol–water partition coefficient (Wildman–Crippen LogP) is 5.85. The Bertz CT molecular complexity index is 437. The molecule has 0 amide bonds. The Morgan fingerprint density at radius 1 is 0.955 bits per heavy atom. The second kappa shape index (κ2) is 11.3. The Balaban J connectivity index is 2.21. The molecule has 0 atom stereocenters. The molecule has 124 valence electrons. The Hall–Kier alpha value is -1.31. The fourth-order valence-corrected chi connectivity index (χ4v) is 2.79. The van der Waals surface area contributed by atoms with Gasteiger partial charge in [-0.3, -0.25) is 0 Å². The fraction of sp³-hybridized carbons (Fsp3) is 0.650. The Morgan fingerprint density at radius 3 is 2.14 bits per heavy atom. The van der Waals surface area contributed by atoms with Crippen LogP contribution in [0.5, 0.6) is 0 Å². The number of ether oxygens (including phenoxy) is 1. The first-order chi connectivity index (χ1) is 10.7. The Kier molecular flexibility index (Phi) is 9.61. The van der Waals surface area contributed by atoms with E-state index in [0.717, 1.165) is 12.0 Å². The van der Waals surface area contributed by atoms with E-state index in [1.807, 2.05) is 19.1 Å². The van der Waals surface area contributed by atoms with Crippen molar-refractivity contribution in [2.45, 2.75) is 78.1 Å². The summed E-state index contributed by atoms with van der Waals surface area (Å²) in [6, 6.07) is 6.15. The SMILES string of the molecule is CCCCCCCCCCCc1ccc(C)c(C(=O)OC)c1. The van der Waals surface area contributed by atoms with Gasteiger partial charge in [0.1, 0.15) is 0 Å². The van der Waals surface area contributed by atoms with E-state index in [4.69, 9.17) is 4.74 Å². The van der Waals surface area contributed by atoms with Crippen molar-refractivity contribution in [2.75, 3.05) is 7.11 Å². The molecule has 0 N–H and O–H groups in total. The lowest BCUT2D eigenvalue weighted by Crippen LogP contribution is -2.04. The number of methoxy groups -OCH3 is 1. The highest BCUT2D eigenvalue weighted by atomic mass is 16.5. The number of hydrogen-bond donors (Lipinski definition) is 0. The number of unbranched alkanes of at least 4 members (excludes halogenated alkanes) is 8. The molecule has 1 rings (SSSR count). The largest absolute Gasteiger partial charge is 0.465 e. The number of hydrogen-bond acceptors (Lipinski definition) is 2. The zero-order valence-corrected chi connectivity index (χ0v) is 14.6. The van der Waals surface area contributed by atoms with Crippen molar-refractivity contribution < 1.29 is 9.53 Å². The summed E-state index contributed by atoms with van der Waals surface area (Å²) in [5.74, 6) is -0.230. The van der Waals surface area contributed by atoms with Crippen LogP contribution in [0.1, 0.15) is 86.2 Å². The van der Waals surface area contributed by atoms with E-state index in [1.54, 1.807) is 0 Å². The molecule has 22 heavy (non-hydrogen) atoms. The number of esters is 1. The van der Waals surface area contributed by atoms with E-state index < -0.39 is 0 Å². The average molecular weight is 304 g/mol. The topological polar surface area (TPSA) is 26.3 Å². The summed E-state index contributed by atoms with van der Waals surface area (Å²) in [5, 5.41) is 0. The van der Waals surface area contributed by atoms with E-state index in [9.17, 15) is 4.79 Å². The zero-order valence-electron chi connectivity index (χ0n) is 14.6. The molecule has 2 nitrogen and oxygen atoms in total. The lowest BCUT2D eigenvalue weighted by molar-refractivity contribution is 0.0600. The molecular formula is C20H32O2.